The van der Waals surface area contributed by atoms with Crippen LogP contribution in [-0.2, 0) is 26.6 Å². The molecule has 6 nitrogen and oxygen atoms in total. The summed E-state index contributed by atoms with van der Waals surface area (Å²) >= 11 is 0. The number of halogens is 6. The Kier molecular flexibility index (Phi) is 9.87. The third-order valence-electron chi connectivity index (χ3n) is 3.20. The molecule has 0 aliphatic rings. The molecule has 0 saturated carbocycles. The molecule has 0 aromatic carbocycles. The largest absolute Gasteiger partial charge is 0.480 e. The Morgan fingerprint density at radius 3 is 1.79 bits per heavy atom. The van der Waals surface area contributed by atoms with Gasteiger partial charge in [0.25, 0.3) is 0 Å². The lowest BCUT2D eigenvalue weighted by Crippen LogP contribution is -2.36. The third kappa shape index (κ3) is 8.73. The van der Waals surface area contributed by atoms with E-state index in [0.29, 0.717) is 0 Å². The van der Waals surface area contributed by atoms with Crippen molar-refractivity contribution in [1.29, 1.82) is 0 Å². The van der Waals surface area contributed by atoms with Crippen molar-refractivity contribution in [3.8, 4) is 0 Å². The van der Waals surface area contributed by atoms with Gasteiger partial charge in [-0.1, -0.05) is 25.8 Å². The molecule has 1 rings (SSSR count). The highest BCUT2D eigenvalue weighted by atomic mass is 32.3. The minimum atomic E-state index is -6.72. The molecule has 0 aliphatic heterocycles. The number of aryl methyl sites for hydroxylation is 2. The van der Waals surface area contributed by atoms with E-state index in [1.54, 1.807) is 0 Å². The Balaban J connectivity index is 0.000000525. The fourth-order valence-electron chi connectivity index (χ4n) is 1.74. The van der Waals surface area contributed by atoms with Crippen LogP contribution in [0.1, 0.15) is 38.3 Å². The van der Waals surface area contributed by atoms with E-state index in [0.717, 1.165) is 4.13 Å². The van der Waals surface area contributed by atoms with Crippen LogP contribution in [0.2, 0.25) is 0 Å². The highest BCUT2D eigenvalue weighted by Gasteiger charge is 2.46. The first-order chi connectivity index (χ1) is 12.5. The molecular formula is C14H20F6N2O4S2. The normalized spacial score (nSPS) is 13.0. The number of nitrogens with zero attached hydrogens (tertiary/aromatic N) is 2. The number of pyridine rings is 1. The molecule has 0 aliphatic carbocycles. The average Bonchev–Trinajstić information content (AvgIpc) is 2.50. The van der Waals surface area contributed by atoms with E-state index >= 15 is 0 Å². The van der Waals surface area contributed by atoms with Crippen LogP contribution in [0.15, 0.2) is 24.4 Å². The SMILES string of the molecule is CCCCCC[n+]1ccccc1C.O=S(=O)([N-]S(=O)(=O)C(F)(F)F)C(F)(F)F. The first-order valence-corrected chi connectivity index (χ1v) is 10.7. The van der Waals surface area contributed by atoms with Gasteiger partial charge in [0, 0.05) is 25.5 Å². The molecule has 0 unspecified atom stereocenters. The molecule has 0 saturated heterocycles. The molecule has 0 fully saturated rings. The molecule has 14 heteroatoms. The van der Waals surface area contributed by atoms with Crippen molar-refractivity contribution in [3.63, 3.8) is 0 Å². The number of hydrogen-bond acceptors (Lipinski definition) is 4. The van der Waals surface area contributed by atoms with Crippen molar-refractivity contribution in [1.82, 2.24) is 0 Å². The predicted molar refractivity (Wildman–Crippen MR) is 88.8 cm³/mol. The maximum atomic E-state index is 11.4. The molecule has 0 spiro atoms. The fraction of sp³-hybridized carbons (Fsp3) is 0.643. The van der Waals surface area contributed by atoms with Crippen LogP contribution in [0, 0.1) is 6.92 Å². The molecule has 0 bridgehead atoms. The lowest BCUT2D eigenvalue weighted by Gasteiger charge is -2.22. The summed E-state index contributed by atoms with van der Waals surface area (Å²) in [5.41, 5.74) is -11.0. The van der Waals surface area contributed by atoms with E-state index in [1.165, 1.54) is 37.9 Å². The van der Waals surface area contributed by atoms with Crippen LogP contribution in [0.25, 0.3) is 4.13 Å². The van der Waals surface area contributed by atoms with Crippen LogP contribution in [0.3, 0.4) is 0 Å². The number of sulfonamides is 2. The van der Waals surface area contributed by atoms with Crippen molar-refractivity contribution >= 4 is 20.0 Å². The molecule has 0 radical (unpaired) electrons. The zero-order valence-electron chi connectivity index (χ0n) is 15.0. The second-order valence-electron chi connectivity index (χ2n) is 5.51. The lowest BCUT2D eigenvalue weighted by atomic mass is 10.2. The first-order valence-electron chi connectivity index (χ1n) is 7.87. The van der Waals surface area contributed by atoms with E-state index in [1.807, 2.05) is 0 Å². The molecule has 0 N–H and O–H groups in total. The first kappa shape index (κ1) is 26.6. The van der Waals surface area contributed by atoms with Crippen LogP contribution in [-0.4, -0.2) is 27.9 Å². The van der Waals surface area contributed by atoms with E-state index in [4.69, 9.17) is 0 Å². The van der Waals surface area contributed by atoms with Gasteiger partial charge in [-0.05, 0) is 6.42 Å². The predicted octanol–water partition coefficient (Wildman–Crippen LogP) is 3.92. The molecular weight excluding hydrogens is 438 g/mol. The van der Waals surface area contributed by atoms with Gasteiger partial charge in [0.1, 0.15) is 6.54 Å². The van der Waals surface area contributed by atoms with Gasteiger partial charge in [0.2, 0.25) is 0 Å². The molecule has 1 heterocycles. The summed E-state index contributed by atoms with van der Waals surface area (Å²) in [6, 6.07) is 6.37. The van der Waals surface area contributed by atoms with Gasteiger partial charge in [-0.3, -0.25) is 0 Å². The van der Waals surface area contributed by atoms with E-state index in [2.05, 4.69) is 42.8 Å². The number of rotatable bonds is 7. The number of unbranched alkanes of at least 4 members (excludes halogenated alkanes) is 3. The summed E-state index contributed by atoms with van der Waals surface area (Å²) in [4.78, 5) is 0. The molecule has 0 atom stereocenters. The monoisotopic (exact) mass is 458 g/mol. The standard InChI is InChI=1S/C12H20N.C2F6NO4S2/c1-3-4-5-7-10-13-11-8-6-9-12(13)2;3-1(4,5)14(10,11)9-15(12,13)2(6,7)8/h6,8-9,11H,3-5,7,10H2,1-2H3;/q+1;-1. The summed E-state index contributed by atoms with van der Waals surface area (Å²) in [5, 5.41) is 0. The molecule has 1 aromatic heterocycles. The van der Waals surface area contributed by atoms with Gasteiger partial charge in [0.15, 0.2) is 31.9 Å². The zero-order valence-corrected chi connectivity index (χ0v) is 16.6. The van der Waals surface area contributed by atoms with E-state index in [-0.39, 0.29) is 0 Å². The zero-order chi connectivity index (χ0) is 22.2. The van der Waals surface area contributed by atoms with Gasteiger partial charge in [0.05, 0.1) is 0 Å². The smallest absolute Gasteiger partial charge is 0.421 e. The summed E-state index contributed by atoms with van der Waals surface area (Å²) in [6.45, 7) is 5.59. The van der Waals surface area contributed by atoms with Gasteiger partial charge in [-0.15, -0.1) is 0 Å². The molecule has 28 heavy (non-hydrogen) atoms. The van der Waals surface area contributed by atoms with Gasteiger partial charge >= 0.3 is 11.0 Å². The molecule has 1 aromatic rings. The summed E-state index contributed by atoms with van der Waals surface area (Å²) in [7, 11) is -13.4. The number of alkyl halides is 6. The topological polar surface area (TPSA) is 86.3 Å². The molecule has 164 valence electrons. The highest BCUT2D eigenvalue weighted by molar-refractivity contribution is 8.13. The highest BCUT2D eigenvalue weighted by Crippen LogP contribution is 2.36. The minimum Gasteiger partial charge on any atom is -0.421 e. The third-order valence-corrected chi connectivity index (χ3v) is 5.94. The van der Waals surface area contributed by atoms with Crippen LogP contribution >= 0.6 is 0 Å². The van der Waals surface area contributed by atoms with Crippen molar-refractivity contribution in [2.24, 2.45) is 0 Å². The Morgan fingerprint density at radius 1 is 0.893 bits per heavy atom. The van der Waals surface area contributed by atoms with E-state index in [9.17, 15) is 43.2 Å². The van der Waals surface area contributed by atoms with Crippen LogP contribution in [0.5, 0.6) is 0 Å². The second kappa shape index (κ2) is 10.4. The fourth-order valence-corrected chi connectivity index (χ4v) is 3.44. The number of hydrogen-bond donors (Lipinski definition) is 0. The second-order valence-corrected chi connectivity index (χ2v) is 8.93. The Morgan fingerprint density at radius 2 is 1.39 bits per heavy atom. The van der Waals surface area contributed by atoms with Crippen molar-refractivity contribution in [2.45, 2.75) is 57.1 Å². The lowest BCUT2D eigenvalue weighted by molar-refractivity contribution is -0.703. The van der Waals surface area contributed by atoms with Crippen molar-refractivity contribution in [2.75, 3.05) is 0 Å². The summed E-state index contributed by atoms with van der Waals surface area (Å²) in [6.07, 6.45) is 7.52. The van der Waals surface area contributed by atoms with Crippen molar-refractivity contribution in [3.05, 3.63) is 34.2 Å². The molecule has 0 amide bonds. The Bertz CT molecular complexity index is 779. The van der Waals surface area contributed by atoms with E-state index < -0.39 is 31.1 Å². The van der Waals surface area contributed by atoms with Gasteiger partial charge < -0.3 is 4.13 Å². The number of aromatic nitrogens is 1. The average molecular weight is 458 g/mol. The Labute approximate surface area is 159 Å². The van der Waals surface area contributed by atoms with Crippen LogP contribution < -0.4 is 4.57 Å². The Hall–Kier alpha value is -1.41. The van der Waals surface area contributed by atoms with Crippen molar-refractivity contribution < 1.29 is 47.7 Å². The van der Waals surface area contributed by atoms with Gasteiger partial charge in [-0.25, -0.2) is 21.4 Å². The maximum Gasteiger partial charge on any atom is 0.480 e. The summed E-state index contributed by atoms with van der Waals surface area (Å²) in [5.74, 6) is 0. The van der Waals surface area contributed by atoms with Gasteiger partial charge in [-0.2, -0.15) is 26.3 Å². The quantitative estimate of drug-likeness (QED) is 0.352. The summed E-state index contributed by atoms with van der Waals surface area (Å²) < 4.78 is 112. The maximum absolute atomic E-state index is 11.4. The van der Waals surface area contributed by atoms with Crippen LogP contribution in [0.4, 0.5) is 26.3 Å². The minimum absolute atomic E-state index is 0.778.